The summed E-state index contributed by atoms with van der Waals surface area (Å²) in [6.45, 7) is 6.96. The van der Waals surface area contributed by atoms with Gasteiger partial charge in [0.15, 0.2) is 0 Å². The van der Waals surface area contributed by atoms with Gasteiger partial charge in [0.05, 0.1) is 44.5 Å². The van der Waals surface area contributed by atoms with Crippen LogP contribution in [0, 0.1) is 13.8 Å². The molecule has 2 aromatic rings. The van der Waals surface area contributed by atoms with Crippen LogP contribution in [0.2, 0.25) is 0 Å². The third kappa shape index (κ3) is 17.0. The maximum atomic E-state index is 12.7. The molecule has 2 amide bonds. The number of benzene rings is 2. The topological polar surface area (TPSA) is 205 Å². The highest BCUT2D eigenvalue weighted by Crippen LogP contribution is 2.26. The summed E-state index contributed by atoms with van der Waals surface area (Å²) in [5.41, 5.74) is 7.14. The molecule has 0 aliphatic heterocycles. The van der Waals surface area contributed by atoms with Crippen molar-refractivity contribution in [3.05, 3.63) is 59.2 Å². The summed E-state index contributed by atoms with van der Waals surface area (Å²) in [5, 5.41) is 13.2. The van der Waals surface area contributed by atoms with Crippen LogP contribution in [0.25, 0.3) is 0 Å². The van der Waals surface area contributed by atoms with Crippen molar-refractivity contribution in [2.24, 2.45) is 5.73 Å². The number of hydrogen-bond donors (Lipinski definition) is 4. The van der Waals surface area contributed by atoms with Gasteiger partial charge in [0, 0.05) is 32.7 Å². The normalized spacial score (nSPS) is 12.0. The Bertz CT molecular complexity index is 1360. The van der Waals surface area contributed by atoms with E-state index in [0.717, 1.165) is 5.56 Å². The highest BCUT2D eigenvalue weighted by Gasteiger charge is 2.27. The molecule has 0 radical (unpaired) electrons. The average Bonchev–Trinajstić information content (AvgIpc) is 3.07. The van der Waals surface area contributed by atoms with Gasteiger partial charge in [0.2, 0.25) is 22.3 Å². The van der Waals surface area contributed by atoms with E-state index in [1.807, 2.05) is 30.3 Å². The monoisotopic (exact) mass is 710 g/mol. The standard InChI is InChI=1S/C33H50N4O11S/c1-26-21-29(22-27(2)32(26)49(42,43)36-30(23-34)33(40)41)47-16-6-11-31(39)35-12-7-14-44-17-19-46-20-18-45-15-8-13-37(25-38)48-24-28-9-4-3-5-10-28/h3-5,9-10,21-22,25,30,36H,6-8,11-20,23-24,34H2,1-2H3,(H,35,39)(H,40,41). The van der Waals surface area contributed by atoms with Crippen molar-refractivity contribution in [2.75, 3.05) is 65.9 Å². The SMILES string of the molecule is Cc1cc(OCCCC(=O)NCCCOCCOCCOCCCN(C=O)OCc2ccccc2)cc(C)c1S(=O)(=O)NC(CN)C(=O)O. The van der Waals surface area contributed by atoms with Crippen molar-refractivity contribution in [1.29, 1.82) is 0 Å². The molecule has 0 saturated heterocycles. The second-order valence-electron chi connectivity index (χ2n) is 11.0. The summed E-state index contributed by atoms with van der Waals surface area (Å²) >= 11 is 0. The zero-order chi connectivity index (χ0) is 35.9. The number of hydrogen-bond acceptors (Lipinski definition) is 11. The first-order valence-corrected chi connectivity index (χ1v) is 17.6. The Morgan fingerprint density at radius 1 is 0.918 bits per heavy atom. The van der Waals surface area contributed by atoms with Gasteiger partial charge in [0.1, 0.15) is 18.4 Å². The van der Waals surface area contributed by atoms with Gasteiger partial charge in [-0.05, 0) is 61.9 Å². The van der Waals surface area contributed by atoms with E-state index in [0.29, 0.717) is 102 Å². The molecule has 16 heteroatoms. The minimum atomic E-state index is -4.12. The molecule has 0 bridgehead atoms. The van der Waals surface area contributed by atoms with Gasteiger partial charge in [0.25, 0.3) is 0 Å². The van der Waals surface area contributed by atoms with Crippen LogP contribution in [-0.4, -0.2) is 109 Å². The average molecular weight is 711 g/mol. The Kier molecular flexibility index (Phi) is 20.1. The Morgan fingerprint density at radius 3 is 2.12 bits per heavy atom. The highest BCUT2D eigenvalue weighted by atomic mass is 32.2. The fourth-order valence-corrected chi connectivity index (χ4v) is 6.18. The number of aliphatic carboxylic acids is 1. The van der Waals surface area contributed by atoms with Crippen LogP contribution in [0.3, 0.4) is 0 Å². The van der Waals surface area contributed by atoms with Crippen LogP contribution >= 0.6 is 0 Å². The largest absolute Gasteiger partial charge is 0.494 e. The van der Waals surface area contributed by atoms with Crippen LogP contribution in [-0.2, 0) is 50.1 Å². The number of nitrogens with zero attached hydrogens (tertiary/aromatic N) is 1. The summed E-state index contributed by atoms with van der Waals surface area (Å²) in [4.78, 5) is 39.9. The van der Waals surface area contributed by atoms with Crippen LogP contribution in [0.1, 0.15) is 42.4 Å². The number of carbonyl (C=O) groups is 3. The summed E-state index contributed by atoms with van der Waals surface area (Å²) < 4.78 is 49.9. The lowest BCUT2D eigenvalue weighted by Gasteiger charge is -2.17. The number of rotatable bonds is 28. The number of hydroxylamine groups is 2. The number of sulfonamides is 1. The van der Waals surface area contributed by atoms with Gasteiger partial charge < -0.3 is 35.1 Å². The molecule has 1 atom stereocenters. The Hall–Kier alpha value is -3.64. The molecule has 49 heavy (non-hydrogen) atoms. The Balaban J connectivity index is 1.45. The van der Waals surface area contributed by atoms with E-state index in [4.69, 9.17) is 34.6 Å². The zero-order valence-corrected chi connectivity index (χ0v) is 29.1. The predicted octanol–water partition coefficient (Wildman–Crippen LogP) is 1.69. The predicted molar refractivity (Wildman–Crippen MR) is 180 cm³/mol. The first-order chi connectivity index (χ1) is 23.6. The third-order valence-corrected chi connectivity index (χ3v) is 8.68. The number of ether oxygens (including phenoxy) is 4. The van der Waals surface area contributed by atoms with Crippen molar-refractivity contribution in [2.45, 2.75) is 57.1 Å². The van der Waals surface area contributed by atoms with Gasteiger partial charge in [-0.2, -0.15) is 4.72 Å². The molecule has 0 heterocycles. The van der Waals surface area contributed by atoms with Gasteiger partial charge >= 0.3 is 5.97 Å². The second kappa shape index (κ2) is 23.7. The second-order valence-corrected chi connectivity index (χ2v) is 12.6. The molecule has 0 aromatic heterocycles. The molecule has 0 fully saturated rings. The number of nitrogens with one attached hydrogen (secondary N) is 2. The van der Waals surface area contributed by atoms with Crippen LogP contribution < -0.4 is 20.5 Å². The van der Waals surface area contributed by atoms with Gasteiger partial charge in [-0.25, -0.2) is 13.5 Å². The Labute approximate surface area is 288 Å². The summed E-state index contributed by atoms with van der Waals surface area (Å²) in [6, 6.07) is 11.3. The fourth-order valence-electron chi connectivity index (χ4n) is 4.52. The number of carbonyl (C=O) groups excluding carboxylic acids is 2. The molecule has 0 saturated carbocycles. The lowest BCUT2D eigenvalue weighted by atomic mass is 10.1. The molecular formula is C33H50N4O11S. The number of carboxylic acid groups (broad SMARTS) is 1. The van der Waals surface area contributed by atoms with Crippen LogP contribution in [0.4, 0.5) is 0 Å². The van der Waals surface area contributed by atoms with E-state index >= 15 is 0 Å². The van der Waals surface area contributed by atoms with Crippen LogP contribution in [0.5, 0.6) is 5.75 Å². The lowest BCUT2D eigenvalue weighted by Crippen LogP contribution is -2.45. The quantitative estimate of drug-likeness (QED) is 0.0566. The van der Waals surface area contributed by atoms with E-state index < -0.39 is 22.0 Å². The molecule has 0 aliphatic carbocycles. The van der Waals surface area contributed by atoms with Gasteiger partial charge in [-0.15, -0.1) is 0 Å². The van der Waals surface area contributed by atoms with E-state index in [-0.39, 0.29) is 30.4 Å². The van der Waals surface area contributed by atoms with Crippen molar-refractivity contribution in [3.8, 4) is 5.75 Å². The number of carboxylic acids is 1. The minimum Gasteiger partial charge on any atom is -0.494 e. The molecule has 15 nitrogen and oxygen atoms in total. The molecular weight excluding hydrogens is 660 g/mol. The number of aryl methyl sites for hydroxylation is 2. The van der Waals surface area contributed by atoms with Crippen LogP contribution in [0.15, 0.2) is 47.4 Å². The summed E-state index contributed by atoms with van der Waals surface area (Å²) in [5.74, 6) is -1.03. The smallest absolute Gasteiger partial charge is 0.323 e. The van der Waals surface area contributed by atoms with E-state index in [1.165, 1.54) is 5.06 Å². The minimum absolute atomic E-state index is 0.0290. The van der Waals surface area contributed by atoms with Gasteiger partial charge in [-0.3, -0.25) is 19.2 Å². The van der Waals surface area contributed by atoms with Crippen molar-refractivity contribution >= 4 is 28.3 Å². The van der Waals surface area contributed by atoms with E-state index in [1.54, 1.807) is 26.0 Å². The zero-order valence-electron chi connectivity index (χ0n) is 28.3. The molecule has 5 N–H and O–H groups in total. The van der Waals surface area contributed by atoms with Crippen molar-refractivity contribution in [1.82, 2.24) is 15.1 Å². The van der Waals surface area contributed by atoms with E-state index in [2.05, 4.69) is 10.0 Å². The first kappa shape index (κ1) is 41.5. The lowest BCUT2D eigenvalue weighted by molar-refractivity contribution is -0.178. The van der Waals surface area contributed by atoms with Crippen molar-refractivity contribution < 1.29 is 51.7 Å². The third-order valence-electron chi connectivity index (χ3n) is 6.91. The van der Waals surface area contributed by atoms with Gasteiger partial charge in [-0.1, -0.05) is 30.3 Å². The highest BCUT2D eigenvalue weighted by molar-refractivity contribution is 7.89. The summed E-state index contributed by atoms with van der Waals surface area (Å²) in [7, 11) is -4.12. The fraction of sp³-hybridized carbons (Fsp3) is 0.545. The maximum absolute atomic E-state index is 12.7. The molecule has 1 unspecified atom stereocenters. The molecule has 2 rings (SSSR count). The number of amides is 2. The summed E-state index contributed by atoms with van der Waals surface area (Å²) in [6.07, 6.45) is 2.67. The van der Waals surface area contributed by atoms with E-state index in [9.17, 15) is 22.8 Å². The molecule has 0 spiro atoms. The number of nitrogens with two attached hydrogens (primary N) is 1. The van der Waals surface area contributed by atoms with Crippen molar-refractivity contribution in [3.63, 3.8) is 0 Å². The Morgan fingerprint density at radius 2 is 1.53 bits per heavy atom. The first-order valence-electron chi connectivity index (χ1n) is 16.1. The molecule has 2 aromatic carbocycles. The molecule has 0 aliphatic rings. The maximum Gasteiger partial charge on any atom is 0.323 e. The molecule has 274 valence electrons.